The van der Waals surface area contributed by atoms with E-state index in [0.29, 0.717) is 0 Å². The van der Waals surface area contributed by atoms with Crippen LogP contribution in [0.3, 0.4) is 0 Å². The Hall–Kier alpha value is -6.14. The second kappa shape index (κ2) is 46.4. The van der Waals surface area contributed by atoms with Crippen molar-refractivity contribution >= 4 is 94.7 Å². The lowest BCUT2D eigenvalue weighted by atomic mass is 10.2. The predicted octanol–water partition coefficient (Wildman–Crippen LogP) is -4.87. The van der Waals surface area contributed by atoms with Gasteiger partial charge in [-0.25, -0.2) is 4.79 Å². The summed E-state index contributed by atoms with van der Waals surface area (Å²) in [6, 6.07) is -1.44. The zero-order chi connectivity index (χ0) is 50.8. The van der Waals surface area contributed by atoms with E-state index in [0.717, 1.165) is 28.8 Å². The molecule has 27 nitrogen and oxygen atoms in total. The number of carbonyl (C=O) groups excluding carboxylic acids is 7. The fraction of sp³-hybridized carbons (Fsp3) is 0.543. The molecule has 1 aliphatic rings. The summed E-state index contributed by atoms with van der Waals surface area (Å²) in [6.07, 6.45) is 7.28. The van der Waals surface area contributed by atoms with Crippen LogP contribution in [-0.2, 0) is 57.5 Å². The molecule has 1 heterocycles. The number of carboxylic acids is 5. The van der Waals surface area contributed by atoms with Gasteiger partial charge in [-0.3, -0.25) is 57.6 Å². The summed E-state index contributed by atoms with van der Waals surface area (Å²) in [6.45, 7) is 0. The summed E-state index contributed by atoms with van der Waals surface area (Å²) < 4.78 is 0. The number of thioether (sulfide) groups is 2. The number of rotatable bonds is 18. The Morgan fingerprint density at radius 3 is 1.23 bits per heavy atom. The van der Waals surface area contributed by atoms with E-state index in [9.17, 15) is 57.5 Å². The number of likely N-dealkylation sites (N-methyl/N-ethyl adjacent to an activating group) is 5. The van der Waals surface area contributed by atoms with E-state index in [1.165, 1.54) is 80.3 Å². The van der Waals surface area contributed by atoms with Gasteiger partial charge in [0.2, 0.25) is 29.5 Å². The van der Waals surface area contributed by atoms with Gasteiger partial charge in [0, 0.05) is 73.0 Å². The molecule has 29 heteroatoms. The third-order valence-electron chi connectivity index (χ3n) is 6.65. The van der Waals surface area contributed by atoms with Crippen LogP contribution in [0.4, 0.5) is 0 Å². The van der Waals surface area contributed by atoms with Crippen LogP contribution in [0.2, 0.25) is 0 Å². The van der Waals surface area contributed by atoms with Gasteiger partial charge in [-0.2, -0.15) is 11.8 Å². The summed E-state index contributed by atoms with van der Waals surface area (Å²) in [4.78, 5) is 126. The van der Waals surface area contributed by atoms with Crippen LogP contribution in [0.1, 0.15) is 25.7 Å². The number of hydrogen-bond donors (Lipinski definition) is 13. The maximum Gasteiger partial charge on any atom is 0.328 e. The lowest BCUT2D eigenvalue weighted by molar-refractivity contribution is -0.141. The molecule has 64 heavy (non-hydrogen) atoms. The molecular formula is C35H65N9O18S2. The Morgan fingerprint density at radius 1 is 0.578 bits per heavy atom. The maximum absolute atomic E-state index is 10.9. The molecule has 1 aliphatic heterocycles. The van der Waals surface area contributed by atoms with Crippen molar-refractivity contribution in [1.29, 1.82) is 0 Å². The molecule has 0 aromatic carbocycles. The van der Waals surface area contributed by atoms with E-state index in [1.54, 1.807) is 19.6 Å². The number of hydrogen-bond acceptors (Lipinski definition) is 17. The molecule has 7 amide bonds. The first-order valence-electron chi connectivity index (χ1n) is 17.7. The molecule has 0 aromatic rings. The van der Waals surface area contributed by atoms with Crippen molar-refractivity contribution < 1.29 is 88.5 Å². The molecule has 370 valence electrons. The van der Waals surface area contributed by atoms with Gasteiger partial charge in [0.05, 0.1) is 30.6 Å². The second-order valence-electron chi connectivity index (χ2n) is 10.8. The minimum Gasteiger partial charge on any atom is -0.481 e. The highest BCUT2D eigenvalue weighted by Crippen LogP contribution is 2.11. The Bertz CT molecular complexity index is 1440. The molecule has 0 saturated heterocycles. The van der Waals surface area contributed by atoms with Crippen molar-refractivity contribution in [2.45, 2.75) is 48.3 Å². The molecule has 4 atom stereocenters. The zero-order valence-corrected chi connectivity index (χ0v) is 39.1. The van der Waals surface area contributed by atoms with Crippen LogP contribution in [0.5, 0.6) is 0 Å². The Kier molecular flexibility index (Phi) is 52.4. The van der Waals surface area contributed by atoms with Crippen molar-refractivity contribution in [3.63, 3.8) is 0 Å². The Morgan fingerprint density at radius 2 is 0.984 bits per heavy atom. The SMILES string of the molecule is CN.CN1C(=O)C=CC1=O.CNC(=O)/C=C\C(=O)O.CNC(=O)C(CC(=O)O)NC.CNC(=O)C(CC(=O)O)SC.CNC(=O)CC(NC)C(=O)O.CNC(=O)CC(SC)C(=O)O.O. The molecule has 0 aromatic heterocycles. The predicted molar refractivity (Wildman–Crippen MR) is 237 cm³/mol. The second-order valence-corrected chi connectivity index (χ2v) is 12.9. The molecule has 0 bridgehead atoms. The summed E-state index contributed by atoms with van der Waals surface area (Å²) in [7, 11) is 13.3. The van der Waals surface area contributed by atoms with Crippen molar-refractivity contribution in [1.82, 2.24) is 42.1 Å². The third kappa shape index (κ3) is 43.9. The van der Waals surface area contributed by atoms with Crippen molar-refractivity contribution in [3.05, 3.63) is 24.3 Å². The largest absolute Gasteiger partial charge is 0.481 e. The fourth-order valence-corrected chi connectivity index (χ4v) is 4.29. The number of amides is 7. The summed E-state index contributed by atoms with van der Waals surface area (Å²) in [5, 5.41) is 57.4. The van der Waals surface area contributed by atoms with E-state index in [1.807, 2.05) is 0 Å². The first-order valence-corrected chi connectivity index (χ1v) is 20.3. The first kappa shape index (κ1) is 72.3. The van der Waals surface area contributed by atoms with Crippen LogP contribution in [-0.4, -0.2) is 206 Å². The number of carbonyl (C=O) groups is 12. The van der Waals surface area contributed by atoms with Crippen LogP contribution >= 0.6 is 23.5 Å². The number of nitrogens with two attached hydrogens (primary N) is 1. The topological polar surface area (TPSA) is 451 Å². The average molecular weight is 964 g/mol. The van der Waals surface area contributed by atoms with E-state index < -0.39 is 58.3 Å². The molecule has 0 radical (unpaired) electrons. The normalized spacial score (nSPS) is 12.1. The lowest BCUT2D eigenvalue weighted by Crippen LogP contribution is -2.42. The van der Waals surface area contributed by atoms with Crippen molar-refractivity contribution in [2.24, 2.45) is 5.73 Å². The molecule has 1 rings (SSSR count). The third-order valence-corrected chi connectivity index (χ3v) is 8.54. The maximum atomic E-state index is 10.9. The minimum absolute atomic E-state index is 0. The van der Waals surface area contributed by atoms with E-state index in [4.69, 9.17) is 25.5 Å². The molecule has 4 unspecified atom stereocenters. The highest BCUT2D eigenvalue weighted by atomic mass is 32.2. The molecule has 0 aliphatic carbocycles. The van der Waals surface area contributed by atoms with Gasteiger partial charge in [-0.1, -0.05) is 0 Å². The monoisotopic (exact) mass is 963 g/mol. The van der Waals surface area contributed by atoms with Gasteiger partial charge in [-0.05, 0) is 33.7 Å². The van der Waals surface area contributed by atoms with E-state index in [-0.39, 0.29) is 66.6 Å². The van der Waals surface area contributed by atoms with Crippen molar-refractivity contribution in [3.8, 4) is 0 Å². The number of nitrogens with zero attached hydrogens (tertiary/aromatic N) is 1. The van der Waals surface area contributed by atoms with Crippen molar-refractivity contribution in [2.75, 3.05) is 75.9 Å². The quantitative estimate of drug-likeness (QED) is 0.0452. The smallest absolute Gasteiger partial charge is 0.328 e. The van der Waals surface area contributed by atoms with Gasteiger partial charge in [-0.15, -0.1) is 11.8 Å². The molecule has 0 fully saturated rings. The number of aliphatic carboxylic acids is 5. The van der Waals surface area contributed by atoms with Crippen LogP contribution in [0, 0.1) is 0 Å². The van der Waals surface area contributed by atoms with Crippen LogP contribution in [0.25, 0.3) is 0 Å². The van der Waals surface area contributed by atoms with E-state index >= 15 is 0 Å². The number of nitrogens with one attached hydrogen (secondary N) is 7. The average Bonchev–Trinajstić information content (AvgIpc) is 3.55. The highest BCUT2D eigenvalue weighted by Gasteiger charge is 2.21. The Balaban J connectivity index is -0.000000121. The summed E-state index contributed by atoms with van der Waals surface area (Å²) in [5.74, 6) is -7.01. The molecule has 0 spiro atoms. The van der Waals surface area contributed by atoms with Gasteiger partial charge >= 0.3 is 29.8 Å². The van der Waals surface area contributed by atoms with E-state index in [2.05, 4.69) is 43.0 Å². The standard InChI is InChI=1S/2C6H12N2O3.2C6H11NO3S.C5H7NO3.C5H5NO2.CH5N.H2O/c1-7-4(3-5(9)10)6(11)8-2;1-7-4(6(10)11)3-5(9)8-2;1-7-6(10)4(11-2)3-5(8)9;1-7-5(8)3-4(11-2)6(9)10;1-6-4(7)2-3-5(8)9;1-6-4(7)2-3-5(6)8;1-2;/h4,7H,3H2,1-2H3,(H,8,11)(H,9,10);4,7H,3H2,1-2H3,(H,8,9)(H,10,11);4H,3H2,1-2H3,(H,7,10)(H,8,9);4H,3H2,1-2H3,(H,7,8)(H,9,10);2-3H,1H3,(H,6,7)(H,8,9);2-3H,1H3;2H2,1H3;1H2/b;;;;3-2-;;;. The Labute approximate surface area is 378 Å². The number of carboxylic acid groups (broad SMARTS) is 5. The molecule has 0 saturated carbocycles. The summed E-state index contributed by atoms with van der Waals surface area (Å²) in [5.41, 5.74) is 4.50. The van der Waals surface area contributed by atoms with Crippen LogP contribution in [0.15, 0.2) is 24.3 Å². The van der Waals surface area contributed by atoms with Gasteiger partial charge < -0.3 is 74.0 Å². The van der Waals surface area contributed by atoms with Gasteiger partial charge in [0.25, 0.3) is 11.8 Å². The number of imide groups is 1. The first-order chi connectivity index (χ1) is 29.3. The lowest BCUT2D eigenvalue weighted by Gasteiger charge is -2.10. The van der Waals surface area contributed by atoms with Crippen LogP contribution < -0.4 is 43.0 Å². The zero-order valence-electron chi connectivity index (χ0n) is 37.4. The summed E-state index contributed by atoms with van der Waals surface area (Å²) >= 11 is 2.40. The highest BCUT2D eigenvalue weighted by molar-refractivity contribution is 8.00. The molecular weight excluding hydrogens is 899 g/mol. The van der Waals surface area contributed by atoms with Gasteiger partial charge in [0.15, 0.2) is 0 Å². The molecule has 16 N–H and O–H groups in total. The van der Waals surface area contributed by atoms with Gasteiger partial charge in [0.1, 0.15) is 11.3 Å². The minimum atomic E-state index is -1.13. The fourth-order valence-electron chi connectivity index (χ4n) is 3.12.